The van der Waals surface area contributed by atoms with Gasteiger partial charge in [-0.15, -0.1) is 0 Å². The van der Waals surface area contributed by atoms with Gasteiger partial charge < -0.3 is 14.2 Å². The summed E-state index contributed by atoms with van der Waals surface area (Å²) in [6, 6.07) is 6.67. The van der Waals surface area contributed by atoms with Crippen molar-refractivity contribution in [3.8, 4) is 17.2 Å². The van der Waals surface area contributed by atoms with E-state index in [2.05, 4.69) is 0 Å². The molecule has 118 valence electrons. The van der Waals surface area contributed by atoms with Gasteiger partial charge in [-0.3, -0.25) is 9.59 Å². The molecule has 0 saturated carbocycles. The number of ether oxygens (including phenoxy) is 3. The van der Waals surface area contributed by atoms with E-state index in [1.54, 1.807) is 31.2 Å². The van der Waals surface area contributed by atoms with Crippen molar-refractivity contribution >= 4 is 11.6 Å². The number of carbonyl (C=O) groups excluding carboxylic acids is 2. The number of benzene rings is 2. The molecule has 3 rings (SSSR count). The molecule has 0 amide bonds. The highest BCUT2D eigenvalue weighted by Gasteiger charge is 2.37. The first-order valence-corrected chi connectivity index (χ1v) is 7.07. The van der Waals surface area contributed by atoms with Crippen molar-refractivity contribution in [2.24, 2.45) is 0 Å². The molecule has 2 aromatic rings. The number of fused-ring (bicyclic) bond motifs is 2. The summed E-state index contributed by atoms with van der Waals surface area (Å²) in [5, 5.41) is 0. The Morgan fingerprint density at radius 1 is 0.783 bits per heavy atom. The summed E-state index contributed by atoms with van der Waals surface area (Å²) >= 11 is 0. The summed E-state index contributed by atoms with van der Waals surface area (Å²) in [5.41, 5.74) is 1.76. The van der Waals surface area contributed by atoms with E-state index in [9.17, 15) is 9.59 Å². The molecule has 1 aliphatic rings. The molecular weight excluding hydrogens is 296 g/mol. The molecule has 0 saturated heterocycles. The van der Waals surface area contributed by atoms with Crippen LogP contribution >= 0.6 is 0 Å². The monoisotopic (exact) mass is 312 g/mol. The molecule has 0 unspecified atom stereocenters. The van der Waals surface area contributed by atoms with Crippen LogP contribution < -0.4 is 14.2 Å². The van der Waals surface area contributed by atoms with Crippen molar-refractivity contribution in [2.75, 3.05) is 21.3 Å². The first-order valence-electron chi connectivity index (χ1n) is 7.07. The van der Waals surface area contributed by atoms with Gasteiger partial charge in [-0.1, -0.05) is 12.1 Å². The van der Waals surface area contributed by atoms with Gasteiger partial charge in [0.05, 0.1) is 38.0 Å². The van der Waals surface area contributed by atoms with Crippen molar-refractivity contribution in [3.63, 3.8) is 0 Å². The second kappa shape index (κ2) is 5.43. The average Bonchev–Trinajstić information content (AvgIpc) is 2.57. The fourth-order valence-corrected chi connectivity index (χ4v) is 3.02. The normalized spacial score (nSPS) is 12.5. The van der Waals surface area contributed by atoms with E-state index in [1.807, 2.05) is 0 Å². The maximum atomic E-state index is 13.1. The Morgan fingerprint density at radius 3 is 2.09 bits per heavy atom. The summed E-state index contributed by atoms with van der Waals surface area (Å²) < 4.78 is 16.0. The molecule has 5 nitrogen and oxygen atoms in total. The summed E-state index contributed by atoms with van der Waals surface area (Å²) in [6.07, 6.45) is 0. The largest absolute Gasteiger partial charge is 0.496 e. The fourth-order valence-electron chi connectivity index (χ4n) is 3.02. The fraction of sp³-hybridized carbons (Fsp3) is 0.222. The lowest BCUT2D eigenvalue weighted by Gasteiger charge is -2.24. The van der Waals surface area contributed by atoms with Crippen molar-refractivity contribution in [2.45, 2.75) is 6.92 Å². The number of methoxy groups -OCH3 is 3. The van der Waals surface area contributed by atoms with Gasteiger partial charge >= 0.3 is 0 Å². The maximum Gasteiger partial charge on any atom is 0.202 e. The van der Waals surface area contributed by atoms with Gasteiger partial charge in [-0.05, 0) is 24.6 Å². The summed E-state index contributed by atoms with van der Waals surface area (Å²) in [4.78, 5) is 26.0. The smallest absolute Gasteiger partial charge is 0.202 e. The van der Waals surface area contributed by atoms with Crippen LogP contribution in [-0.4, -0.2) is 32.9 Å². The van der Waals surface area contributed by atoms with Gasteiger partial charge in [-0.25, -0.2) is 0 Å². The standard InChI is InChI=1S/C18H16O5/c1-9-8-12(22-3)14-15(18(9)23-4)17(20)13-10(16(14)19)6-5-7-11(13)21-2/h5-8H,1-4H3. The molecule has 0 bridgehead atoms. The molecule has 0 aliphatic heterocycles. The molecular formula is C18H16O5. The number of rotatable bonds is 3. The first kappa shape index (κ1) is 15.1. The number of hydrogen-bond acceptors (Lipinski definition) is 5. The van der Waals surface area contributed by atoms with Gasteiger partial charge in [-0.2, -0.15) is 0 Å². The molecule has 5 heteroatoms. The minimum absolute atomic E-state index is 0.228. The van der Waals surface area contributed by atoms with Crippen LogP contribution in [0.3, 0.4) is 0 Å². The van der Waals surface area contributed by atoms with Crippen molar-refractivity contribution in [1.82, 2.24) is 0 Å². The molecule has 1 aliphatic carbocycles. The van der Waals surface area contributed by atoms with Crippen LogP contribution in [-0.2, 0) is 0 Å². The Balaban J connectivity index is 2.42. The second-order valence-corrected chi connectivity index (χ2v) is 5.22. The highest BCUT2D eigenvalue weighted by molar-refractivity contribution is 6.31. The highest BCUT2D eigenvalue weighted by atomic mass is 16.5. The van der Waals surface area contributed by atoms with Crippen LogP contribution in [0.5, 0.6) is 17.2 Å². The minimum Gasteiger partial charge on any atom is -0.496 e. The van der Waals surface area contributed by atoms with Gasteiger partial charge in [0.2, 0.25) is 5.78 Å². The molecule has 0 N–H and O–H groups in total. The molecule has 0 spiro atoms. The number of carbonyl (C=O) groups is 2. The Bertz CT molecular complexity index is 836. The van der Waals surface area contributed by atoms with Crippen LogP contribution in [0.1, 0.15) is 37.4 Å². The van der Waals surface area contributed by atoms with Crippen molar-refractivity contribution in [1.29, 1.82) is 0 Å². The van der Waals surface area contributed by atoms with Crippen molar-refractivity contribution < 1.29 is 23.8 Å². The zero-order valence-electron chi connectivity index (χ0n) is 13.4. The Labute approximate surface area is 133 Å². The van der Waals surface area contributed by atoms with E-state index in [4.69, 9.17) is 14.2 Å². The third-order valence-corrected chi connectivity index (χ3v) is 4.03. The molecule has 0 heterocycles. The number of hydrogen-bond donors (Lipinski definition) is 0. The lowest BCUT2D eigenvalue weighted by atomic mass is 9.81. The Kier molecular flexibility index (Phi) is 3.56. The Morgan fingerprint density at radius 2 is 1.48 bits per heavy atom. The van der Waals surface area contributed by atoms with E-state index in [1.165, 1.54) is 21.3 Å². The van der Waals surface area contributed by atoms with Crippen LogP contribution in [0.15, 0.2) is 24.3 Å². The third-order valence-electron chi connectivity index (χ3n) is 4.03. The number of ketones is 2. The summed E-state index contributed by atoms with van der Waals surface area (Å²) in [5.74, 6) is 0.546. The number of aryl methyl sites for hydroxylation is 1. The third kappa shape index (κ3) is 2.00. The predicted octanol–water partition coefficient (Wildman–Crippen LogP) is 2.80. The lowest BCUT2D eigenvalue weighted by Crippen LogP contribution is -2.23. The molecule has 0 atom stereocenters. The SMILES string of the molecule is COc1cccc2c1C(=O)c1c(OC)c(C)cc(OC)c1C2=O. The van der Waals surface area contributed by atoms with Crippen LogP contribution in [0, 0.1) is 6.92 Å². The van der Waals surface area contributed by atoms with Crippen molar-refractivity contribution in [3.05, 3.63) is 52.1 Å². The van der Waals surface area contributed by atoms with E-state index >= 15 is 0 Å². The van der Waals surface area contributed by atoms with E-state index in [-0.39, 0.29) is 28.3 Å². The predicted molar refractivity (Wildman–Crippen MR) is 84.1 cm³/mol. The van der Waals surface area contributed by atoms with Crippen LogP contribution in [0.2, 0.25) is 0 Å². The van der Waals surface area contributed by atoms with Gasteiger partial charge in [0.25, 0.3) is 0 Å². The molecule has 23 heavy (non-hydrogen) atoms. The summed E-state index contributed by atoms with van der Waals surface area (Å²) in [6.45, 7) is 1.80. The first-order chi connectivity index (χ1) is 11.0. The van der Waals surface area contributed by atoms with Gasteiger partial charge in [0, 0.05) is 5.56 Å². The van der Waals surface area contributed by atoms with Gasteiger partial charge in [0.1, 0.15) is 17.2 Å². The highest BCUT2D eigenvalue weighted by Crippen LogP contribution is 2.42. The molecule has 0 aromatic heterocycles. The molecule has 0 fully saturated rings. The van der Waals surface area contributed by atoms with E-state index in [0.29, 0.717) is 22.8 Å². The zero-order chi connectivity index (χ0) is 16.7. The quantitative estimate of drug-likeness (QED) is 0.744. The maximum absolute atomic E-state index is 13.1. The topological polar surface area (TPSA) is 61.8 Å². The van der Waals surface area contributed by atoms with Crippen LogP contribution in [0.25, 0.3) is 0 Å². The zero-order valence-corrected chi connectivity index (χ0v) is 13.4. The second-order valence-electron chi connectivity index (χ2n) is 5.22. The molecule has 0 radical (unpaired) electrons. The minimum atomic E-state index is -0.300. The average molecular weight is 312 g/mol. The lowest BCUT2D eigenvalue weighted by molar-refractivity contribution is 0.0971. The molecule has 2 aromatic carbocycles. The van der Waals surface area contributed by atoms with E-state index in [0.717, 1.165) is 5.56 Å². The van der Waals surface area contributed by atoms with Gasteiger partial charge in [0.15, 0.2) is 5.78 Å². The Hall–Kier alpha value is -2.82. The van der Waals surface area contributed by atoms with E-state index < -0.39 is 0 Å². The van der Waals surface area contributed by atoms with Crippen LogP contribution in [0.4, 0.5) is 0 Å². The summed E-state index contributed by atoms with van der Waals surface area (Å²) in [7, 11) is 4.42.